The minimum absolute atomic E-state index is 0.0376. The summed E-state index contributed by atoms with van der Waals surface area (Å²) in [4.78, 5) is 4.67. The molecular formula is C17H28N2O3. The first-order valence-electron chi connectivity index (χ1n) is 7.99. The van der Waals surface area contributed by atoms with Gasteiger partial charge in [-0.2, -0.15) is 0 Å². The van der Waals surface area contributed by atoms with E-state index < -0.39 is 0 Å². The van der Waals surface area contributed by atoms with E-state index in [2.05, 4.69) is 16.8 Å². The lowest BCUT2D eigenvalue weighted by Gasteiger charge is -2.30. The van der Waals surface area contributed by atoms with Crippen LogP contribution in [0.15, 0.2) is 24.3 Å². The number of aliphatic hydroxyl groups is 1. The molecule has 0 radical (unpaired) electrons. The molecule has 1 unspecified atom stereocenters. The van der Waals surface area contributed by atoms with Gasteiger partial charge < -0.3 is 14.6 Å². The van der Waals surface area contributed by atoms with Crippen molar-refractivity contribution in [2.24, 2.45) is 0 Å². The number of hydrogen-bond acceptors (Lipinski definition) is 5. The summed E-state index contributed by atoms with van der Waals surface area (Å²) < 4.78 is 10.5. The molecule has 0 amide bonds. The number of aliphatic hydroxyl groups excluding tert-OH is 1. The molecular weight excluding hydrogens is 280 g/mol. The van der Waals surface area contributed by atoms with Gasteiger partial charge in [-0.15, -0.1) is 0 Å². The molecule has 0 saturated carbocycles. The molecule has 0 aromatic heterocycles. The van der Waals surface area contributed by atoms with Crippen molar-refractivity contribution >= 4 is 0 Å². The van der Waals surface area contributed by atoms with Crippen LogP contribution in [-0.2, 0) is 4.74 Å². The summed E-state index contributed by atoms with van der Waals surface area (Å²) in [5, 5.41) is 9.72. The molecule has 1 atom stereocenters. The van der Waals surface area contributed by atoms with Crippen LogP contribution in [0, 0.1) is 0 Å². The molecule has 1 aliphatic heterocycles. The number of ether oxygens (including phenoxy) is 2. The highest BCUT2D eigenvalue weighted by Crippen LogP contribution is 2.21. The maximum Gasteiger partial charge on any atom is 0.118 e. The van der Waals surface area contributed by atoms with Gasteiger partial charge in [-0.3, -0.25) is 9.80 Å². The largest absolute Gasteiger partial charge is 0.497 e. The number of rotatable bonds is 8. The Morgan fingerprint density at radius 2 is 1.95 bits per heavy atom. The fourth-order valence-corrected chi connectivity index (χ4v) is 2.85. The molecule has 124 valence electrons. The Labute approximate surface area is 133 Å². The summed E-state index contributed by atoms with van der Waals surface area (Å²) in [5.41, 5.74) is 1.12. The molecule has 0 bridgehead atoms. The van der Waals surface area contributed by atoms with E-state index in [4.69, 9.17) is 9.47 Å². The normalized spacial score (nSPS) is 17.6. The van der Waals surface area contributed by atoms with Crippen molar-refractivity contribution in [1.82, 2.24) is 9.80 Å². The maximum atomic E-state index is 9.72. The number of benzene rings is 1. The van der Waals surface area contributed by atoms with Gasteiger partial charge in [0.25, 0.3) is 0 Å². The van der Waals surface area contributed by atoms with Crippen LogP contribution in [0.3, 0.4) is 0 Å². The van der Waals surface area contributed by atoms with E-state index >= 15 is 0 Å². The van der Waals surface area contributed by atoms with Crippen LogP contribution in [0.25, 0.3) is 0 Å². The molecule has 5 heteroatoms. The van der Waals surface area contributed by atoms with Gasteiger partial charge >= 0.3 is 0 Å². The minimum Gasteiger partial charge on any atom is -0.497 e. The number of likely N-dealkylation sites (N-methyl/N-ethyl adjacent to an activating group) is 1. The van der Waals surface area contributed by atoms with Crippen LogP contribution in [0.1, 0.15) is 18.0 Å². The van der Waals surface area contributed by atoms with E-state index in [1.54, 1.807) is 7.11 Å². The number of morpholine rings is 1. The molecule has 1 aromatic rings. The first-order chi connectivity index (χ1) is 10.7. The van der Waals surface area contributed by atoms with E-state index in [1.165, 1.54) is 0 Å². The highest BCUT2D eigenvalue weighted by atomic mass is 16.5. The van der Waals surface area contributed by atoms with Crippen molar-refractivity contribution in [2.45, 2.75) is 12.5 Å². The smallest absolute Gasteiger partial charge is 0.118 e. The molecule has 0 spiro atoms. The molecule has 2 rings (SSSR count). The third-order valence-electron chi connectivity index (χ3n) is 4.29. The van der Waals surface area contributed by atoms with Crippen molar-refractivity contribution in [3.63, 3.8) is 0 Å². The monoisotopic (exact) mass is 308 g/mol. The van der Waals surface area contributed by atoms with Gasteiger partial charge in [-0.05, 0) is 44.3 Å². The van der Waals surface area contributed by atoms with Crippen molar-refractivity contribution < 1.29 is 14.6 Å². The van der Waals surface area contributed by atoms with Crippen molar-refractivity contribution in [1.29, 1.82) is 0 Å². The quantitative estimate of drug-likeness (QED) is 0.786. The summed E-state index contributed by atoms with van der Waals surface area (Å²) >= 11 is 0. The van der Waals surface area contributed by atoms with Gasteiger partial charge in [0.2, 0.25) is 0 Å². The van der Waals surface area contributed by atoms with Gasteiger partial charge in [0.05, 0.1) is 33.0 Å². The third kappa shape index (κ3) is 4.95. The first-order valence-corrected chi connectivity index (χ1v) is 7.99. The van der Waals surface area contributed by atoms with E-state index in [1.807, 2.05) is 24.3 Å². The Hall–Kier alpha value is -1.14. The second-order valence-electron chi connectivity index (χ2n) is 5.76. The van der Waals surface area contributed by atoms with E-state index in [0.29, 0.717) is 0 Å². The lowest BCUT2D eigenvalue weighted by Crippen LogP contribution is -2.38. The van der Waals surface area contributed by atoms with Gasteiger partial charge in [-0.1, -0.05) is 12.1 Å². The molecule has 1 aliphatic rings. The Morgan fingerprint density at radius 3 is 2.55 bits per heavy atom. The summed E-state index contributed by atoms with van der Waals surface area (Å²) in [6, 6.07) is 7.98. The molecule has 0 aliphatic carbocycles. The van der Waals surface area contributed by atoms with Crippen LogP contribution in [-0.4, -0.2) is 75.1 Å². The van der Waals surface area contributed by atoms with Crippen LogP contribution in [0.4, 0.5) is 0 Å². The highest BCUT2D eigenvalue weighted by molar-refractivity contribution is 5.29. The summed E-state index contributed by atoms with van der Waals surface area (Å²) in [5.74, 6) is 0.843. The van der Waals surface area contributed by atoms with E-state index in [9.17, 15) is 5.11 Å². The maximum absolute atomic E-state index is 9.72. The minimum atomic E-state index is 0.0376. The Balaban J connectivity index is 1.81. The Morgan fingerprint density at radius 1 is 1.27 bits per heavy atom. The van der Waals surface area contributed by atoms with E-state index in [0.717, 1.165) is 57.1 Å². The molecule has 22 heavy (non-hydrogen) atoms. The molecule has 1 aromatic carbocycles. The molecule has 1 N–H and O–H groups in total. The van der Waals surface area contributed by atoms with Crippen LogP contribution >= 0.6 is 0 Å². The van der Waals surface area contributed by atoms with Gasteiger partial charge in [0.15, 0.2) is 0 Å². The topological polar surface area (TPSA) is 45.2 Å². The number of nitrogens with zero attached hydrogens (tertiary/aromatic N) is 2. The predicted molar refractivity (Wildman–Crippen MR) is 87.3 cm³/mol. The van der Waals surface area contributed by atoms with Crippen LogP contribution in [0.2, 0.25) is 0 Å². The lowest BCUT2D eigenvalue weighted by atomic mass is 10.1. The van der Waals surface area contributed by atoms with Crippen molar-refractivity contribution in [2.75, 3.05) is 60.2 Å². The third-order valence-corrected chi connectivity index (χ3v) is 4.29. The van der Waals surface area contributed by atoms with Crippen LogP contribution < -0.4 is 4.74 Å². The van der Waals surface area contributed by atoms with Crippen molar-refractivity contribution in [3.8, 4) is 5.75 Å². The lowest BCUT2D eigenvalue weighted by molar-refractivity contribution is 0.0353. The predicted octanol–water partition coefficient (Wildman–Crippen LogP) is 1.38. The average molecular weight is 308 g/mol. The zero-order valence-electron chi connectivity index (χ0n) is 13.7. The molecule has 1 saturated heterocycles. The summed E-state index contributed by atoms with van der Waals surface area (Å²) in [6.45, 7) is 5.95. The standard InChI is InChI=1S/C17H28N2O3/c1-18(8-3-9-19-10-12-22-13-11-19)17(14-20)15-4-6-16(21-2)7-5-15/h4-7,17,20H,3,8-14H2,1-2H3. The first kappa shape index (κ1) is 17.2. The van der Waals surface area contributed by atoms with Crippen molar-refractivity contribution in [3.05, 3.63) is 29.8 Å². The average Bonchev–Trinajstić information content (AvgIpc) is 2.57. The van der Waals surface area contributed by atoms with Gasteiger partial charge in [0.1, 0.15) is 5.75 Å². The fourth-order valence-electron chi connectivity index (χ4n) is 2.85. The molecule has 1 fully saturated rings. The zero-order chi connectivity index (χ0) is 15.8. The molecule has 5 nitrogen and oxygen atoms in total. The second kappa shape index (κ2) is 9.10. The Kier molecular flexibility index (Phi) is 7.12. The van der Waals surface area contributed by atoms with Crippen LogP contribution in [0.5, 0.6) is 5.75 Å². The van der Waals surface area contributed by atoms with Gasteiger partial charge in [-0.25, -0.2) is 0 Å². The number of hydrogen-bond donors (Lipinski definition) is 1. The highest BCUT2D eigenvalue weighted by Gasteiger charge is 2.17. The summed E-state index contributed by atoms with van der Waals surface area (Å²) in [6.07, 6.45) is 1.10. The van der Waals surface area contributed by atoms with Gasteiger partial charge in [0, 0.05) is 13.1 Å². The zero-order valence-corrected chi connectivity index (χ0v) is 13.7. The summed E-state index contributed by atoms with van der Waals surface area (Å²) in [7, 11) is 3.74. The molecule has 1 heterocycles. The SMILES string of the molecule is COc1ccc(C(CO)N(C)CCCN2CCOCC2)cc1. The second-order valence-corrected chi connectivity index (χ2v) is 5.76. The number of methoxy groups -OCH3 is 1. The Bertz CT molecular complexity index is 418. The van der Waals surface area contributed by atoms with E-state index in [-0.39, 0.29) is 12.6 Å². The fraction of sp³-hybridized carbons (Fsp3) is 0.647.